The summed E-state index contributed by atoms with van der Waals surface area (Å²) in [4.78, 5) is 2.55. The molecule has 0 bridgehead atoms. The summed E-state index contributed by atoms with van der Waals surface area (Å²) in [6.45, 7) is 4.52. The summed E-state index contributed by atoms with van der Waals surface area (Å²) in [6, 6.07) is 11.7. The fourth-order valence-electron chi connectivity index (χ4n) is 2.99. The first-order valence-electron chi connectivity index (χ1n) is 7.06. The molecule has 0 radical (unpaired) electrons. The highest BCUT2D eigenvalue weighted by molar-refractivity contribution is 5.25. The van der Waals surface area contributed by atoms with E-state index in [1.54, 1.807) is 0 Å². The van der Waals surface area contributed by atoms with Gasteiger partial charge in [-0.05, 0) is 32.5 Å². The molecule has 0 saturated heterocycles. The van der Waals surface area contributed by atoms with Crippen molar-refractivity contribution in [3.63, 3.8) is 0 Å². The van der Waals surface area contributed by atoms with Gasteiger partial charge < -0.3 is 10.2 Å². The predicted octanol–water partition coefficient (Wildman–Crippen LogP) is 2.65. The summed E-state index contributed by atoms with van der Waals surface area (Å²) in [5.41, 5.74) is 1.63. The van der Waals surface area contributed by atoms with E-state index in [-0.39, 0.29) is 5.41 Å². The van der Waals surface area contributed by atoms with Gasteiger partial charge in [-0.2, -0.15) is 0 Å². The fourth-order valence-corrected chi connectivity index (χ4v) is 2.99. The van der Waals surface area contributed by atoms with Crippen molar-refractivity contribution in [2.75, 3.05) is 27.2 Å². The van der Waals surface area contributed by atoms with Crippen LogP contribution in [0, 0.1) is 0 Å². The van der Waals surface area contributed by atoms with Gasteiger partial charge in [-0.15, -0.1) is 0 Å². The average molecular weight is 246 g/mol. The molecule has 0 heterocycles. The Morgan fingerprint density at radius 1 is 1.28 bits per heavy atom. The van der Waals surface area contributed by atoms with Crippen LogP contribution in [-0.2, 0) is 5.41 Å². The van der Waals surface area contributed by atoms with Crippen LogP contribution in [0.3, 0.4) is 0 Å². The van der Waals surface area contributed by atoms with Crippen LogP contribution in [0.2, 0.25) is 0 Å². The summed E-state index contributed by atoms with van der Waals surface area (Å²) in [6.07, 6.45) is 4.16. The van der Waals surface area contributed by atoms with E-state index in [0.717, 1.165) is 19.1 Å². The largest absolute Gasteiger partial charge is 0.319 e. The van der Waals surface area contributed by atoms with Gasteiger partial charge in [-0.3, -0.25) is 0 Å². The number of hydrogen-bond donors (Lipinski definition) is 1. The van der Waals surface area contributed by atoms with Gasteiger partial charge in [0.2, 0.25) is 0 Å². The van der Waals surface area contributed by atoms with Gasteiger partial charge >= 0.3 is 0 Å². The molecule has 2 heteroatoms. The van der Waals surface area contributed by atoms with Crippen LogP contribution in [0.5, 0.6) is 0 Å². The van der Waals surface area contributed by atoms with Gasteiger partial charge in [0.1, 0.15) is 0 Å². The molecule has 18 heavy (non-hydrogen) atoms. The molecule has 0 amide bonds. The van der Waals surface area contributed by atoms with Crippen LogP contribution in [0.4, 0.5) is 0 Å². The first-order valence-corrected chi connectivity index (χ1v) is 7.06. The maximum Gasteiger partial charge on any atom is 0.0176 e. The molecular formula is C16H26N2. The van der Waals surface area contributed by atoms with Gasteiger partial charge in [0.15, 0.2) is 0 Å². The summed E-state index contributed by atoms with van der Waals surface area (Å²) in [7, 11) is 4.32. The number of nitrogens with zero attached hydrogens (tertiary/aromatic N) is 1. The third-order valence-electron chi connectivity index (χ3n) is 4.33. The molecule has 0 aromatic heterocycles. The molecule has 1 saturated carbocycles. The first kappa shape index (κ1) is 13.6. The van der Waals surface area contributed by atoms with Crippen molar-refractivity contribution in [2.24, 2.45) is 0 Å². The molecule has 2 nitrogen and oxygen atoms in total. The molecular weight excluding hydrogens is 220 g/mol. The Balaban J connectivity index is 2.10. The third-order valence-corrected chi connectivity index (χ3v) is 4.33. The van der Waals surface area contributed by atoms with Crippen molar-refractivity contribution in [1.29, 1.82) is 0 Å². The van der Waals surface area contributed by atoms with Crippen LogP contribution in [0.25, 0.3) is 0 Å². The summed E-state index contributed by atoms with van der Waals surface area (Å²) >= 11 is 0. The molecule has 1 aliphatic carbocycles. The molecule has 1 N–H and O–H groups in total. The van der Waals surface area contributed by atoms with Crippen molar-refractivity contribution < 1.29 is 0 Å². The Hall–Kier alpha value is -0.860. The van der Waals surface area contributed by atoms with Crippen LogP contribution in [0.1, 0.15) is 31.7 Å². The molecule has 100 valence electrons. The fraction of sp³-hybridized carbons (Fsp3) is 0.625. The lowest BCUT2D eigenvalue weighted by Gasteiger charge is -2.41. The number of nitrogens with one attached hydrogen (secondary N) is 1. The molecule has 0 spiro atoms. The second-order valence-corrected chi connectivity index (χ2v) is 5.96. The van der Waals surface area contributed by atoms with Gasteiger partial charge in [-0.1, -0.05) is 43.7 Å². The molecule has 1 unspecified atom stereocenters. The second-order valence-electron chi connectivity index (χ2n) is 5.96. The van der Waals surface area contributed by atoms with E-state index < -0.39 is 0 Å². The lowest BCUT2D eigenvalue weighted by atomic mass is 9.80. The third kappa shape index (κ3) is 2.93. The molecule has 0 aliphatic heterocycles. The zero-order valence-corrected chi connectivity index (χ0v) is 11.9. The minimum Gasteiger partial charge on any atom is -0.319 e. The maximum atomic E-state index is 3.36. The zero-order valence-electron chi connectivity index (χ0n) is 11.9. The quantitative estimate of drug-likeness (QED) is 0.830. The van der Waals surface area contributed by atoms with Crippen molar-refractivity contribution in [2.45, 2.75) is 37.6 Å². The number of rotatable bonds is 6. The highest BCUT2D eigenvalue weighted by atomic mass is 15.1. The number of likely N-dealkylation sites (N-methyl/N-ethyl adjacent to an activating group) is 2. The smallest absolute Gasteiger partial charge is 0.0176 e. The Kier molecular flexibility index (Phi) is 4.41. The SMILES string of the molecule is CNCC(C)(CN(C)C1CCC1)c1ccccc1. The van der Waals surface area contributed by atoms with Crippen molar-refractivity contribution >= 4 is 0 Å². The topological polar surface area (TPSA) is 15.3 Å². The van der Waals surface area contributed by atoms with Gasteiger partial charge in [-0.25, -0.2) is 0 Å². The Bertz CT molecular complexity index is 359. The van der Waals surface area contributed by atoms with Crippen molar-refractivity contribution in [1.82, 2.24) is 10.2 Å². The van der Waals surface area contributed by atoms with Crippen molar-refractivity contribution in [3.8, 4) is 0 Å². The summed E-state index contributed by atoms with van der Waals surface area (Å²) in [5.74, 6) is 0. The molecule has 1 aromatic rings. The van der Waals surface area contributed by atoms with Crippen LogP contribution in [0.15, 0.2) is 30.3 Å². The van der Waals surface area contributed by atoms with E-state index in [0.29, 0.717) is 0 Å². The first-order chi connectivity index (χ1) is 8.65. The molecule has 2 rings (SSSR count). The molecule has 1 aliphatic rings. The zero-order chi connectivity index (χ0) is 13.0. The van der Waals surface area contributed by atoms with Crippen molar-refractivity contribution in [3.05, 3.63) is 35.9 Å². The van der Waals surface area contributed by atoms with E-state index in [4.69, 9.17) is 0 Å². The van der Waals surface area contributed by atoms with Gasteiger partial charge in [0, 0.05) is 24.5 Å². The highest BCUT2D eigenvalue weighted by Gasteiger charge is 2.31. The monoisotopic (exact) mass is 246 g/mol. The minimum absolute atomic E-state index is 0.195. The van der Waals surface area contributed by atoms with Gasteiger partial charge in [0.05, 0.1) is 0 Å². The summed E-state index contributed by atoms with van der Waals surface area (Å²) < 4.78 is 0. The summed E-state index contributed by atoms with van der Waals surface area (Å²) in [5, 5.41) is 3.36. The second kappa shape index (κ2) is 5.85. The highest BCUT2D eigenvalue weighted by Crippen LogP contribution is 2.29. The molecule has 1 fully saturated rings. The predicted molar refractivity (Wildman–Crippen MR) is 78.0 cm³/mol. The molecule has 1 aromatic carbocycles. The standard InChI is InChI=1S/C16H26N2/c1-16(12-17-2,14-8-5-4-6-9-14)13-18(3)15-10-7-11-15/h4-6,8-9,15,17H,7,10-13H2,1-3H3. The maximum absolute atomic E-state index is 3.36. The Labute approximate surface area is 111 Å². The van der Waals surface area contributed by atoms with Crippen LogP contribution in [-0.4, -0.2) is 38.1 Å². The van der Waals surface area contributed by atoms with E-state index in [1.807, 2.05) is 7.05 Å². The lowest BCUT2D eigenvalue weighted by Crippen LogP contribution is -2.48. The average Bonchev–Trinajstić information content (AvgIpc) is 2.28. The van der Waals surface area contributed by atoms with Crippen LogP contribution >= 0.6 is 0 Å². The van der Waals surface area contributed by atoms with E-state index >= 15 is 0 Å². The lowest BCUT2D eigenvalue weighted by molar-refractivity contribution is 0.129. The number of hydrogen-bond acceptors (Lipinski definition) is 2. The Morgan fingerprint density at radius 2 is 1.94 bits per heavy atom. The van der Waals surface area contributed by atoms with Gasteiger partial charge in [0.25, 0.3) is 0 Å². The van der Waals surface area contributed by atoms with E-state index in [1.165, 1.54) is 24.8 Å². The van der Waals surface area contributed by atoms with E-state index in [9.17, 15) is 0 Å². The minimum atomic E-state index is 0.195. The number of benzene rings is 1. The molecule has 1 atom stereocenters. The normalized spacial score (nSPS) is 19.6. The Morgan fingerprint density at radius 3 is 2.44 bits per heavy atom. The van der Waals surface area contributed by atoms with Crippen LogP contribution < -0.4 is 5.32 Å². The van der Waals surface area contributed by atoms with E-state index in [2.05, 4.69) is 54.5 Å².